The lowest BCUT2D eigenvalue weighted by molar-refractivity contribution is 0.0161. The number of nitrogens with zero attached hydrogens (tertiary/aromatic N) is 4. The lowest BCUT2D eigenvalue weighted by Gasteiger charge is -2.35. The molecule has 2 aliphatic rings. The van der Waals surface area contributed by atoms with Crippen LogP contribution in [0.2, 0.25) is 0 Å². The second-order valence-electron chi connectivity index (χ2n) is 6.90. The largest absolute Gasteiger partial charge is 0.381 e. The van der Waals surface area contributed by atoms with Gasteiger partial charge in [0.2, 0.25) is 0 Å². The maximum Gasteiger partial charge on any atom is 0.319 e. The van der Waals surface area contributed by atoms with E-state index in [0.717, 1.165) is 44.8 Å². The summed E-state index contributed by atoms with van der Waals surface area (Å²) >= 11 is 0. The summed E-state index contributed by atoms with van der Waals surface area (Å²) in [6.07, 6.45) is 4.87. The van der Waals surface area contributed by atoms with Crippen molar-refractivity contribution in [2.45, 2.75) is 31.8 Å². The van der Waals surface area contributed by atoms with Crippen molar-refractivity contribution in [1.82, 2.24) is 19.6 Å². The third-order valence-electron chi connectivity index (χ3n) is 4.83. The number of amides is 2. The first kappa shape index (κ1) is 17.2. The first-order valence-electron chi connectivity index (χ1n) is 8.79. The first-order valence-corrected chi connectivity index (χ1v) is 8.79. The van der Waals surface area contributed by atoms with Gasteiger partial charge in [0.1, 0.15) is 0 Å². The standard InChI is InChI=1S/C17H28N4O3/c1-19(2)17(22)20-11-15-3-7-18-21(15)16(12-20)6-10-24-13-14-4-8-23-9-5-14/h3,7,14,16H,4-6,8-13H2,1-2H3/t16-/m0/s1. The Labute approximate surface area is 143 Å². The Kier molecular flexibility index (Phi) is 5.73. The Hall–Kier alpha value is -1.60. The molecule has 0 spiro atoms. The maximum atomic E-state index is 12.3. The van der Waals surface area contributed by atoms with Gasteiger partial charge in [0.05, 0.1) is 18.3 Å². The molecule has 7 heteroatoms. The van der Waals surface area contributed by atoms with Crippen LogP contribution >= 0.6 is 0 Å². The number of hydrogen-bond acceptors (Lipinski definition) is 4. The Balaban J connectivity index is 1.51. The van der Waals surface area contributed by atoms with Gasteiger partial charge in [-0.3, -0.25) is 4.68 Å². The molecule has 3 rings (SSSR count). The zero-order chi connectivity index (χ0) is 16.9. The number of hydrogen-bond donors (Lipinski definition) is 0. The summed E-state index contributed by atoms with van der Waals surface area (Å²) in [6.45, 7) is 4.53. The Morgan fingerprint density at radius 1 is 1.42 bits per heavy atom. The molecule has 7 nitrogen and oxygen atoms in total. The minimum Gasteiger partial charge on any atom is -0.381 e. The molecular weight excluding hydrogens is 308 g/mol. The van der Waals surface area contributed by atoms with Crippen LogP contribution in [-0.2, 0) is 16.0 Å². The van der Waals surface area contributed by atoms with Crippen molar-refractivity contribution >= 4 is 6.03 Å². The summed E-state index contributed by atoms with van der Waals surface area (Å²) < 4.78 is 13.3. The van der Waals surface area contributed by atoms with E-state index < -0.39 is 0 Å². The van der Waals surface area contributed by atoms with Gasteiger partial charge < -0.3 is 19.3 Å². The number of urea groups is 1. The molecule has 0 aromatic carbocycles. The van der Waals surface area contributed by atoms with Crippen LogP contribution in [0.3, 0.4) is 0 Å². The molecular formula is C17H28N4O3. The van der Waals surface area contributed by atoms with E-state index in [4.69, 9.17) is 9.47 Å². The molecule has 1 aromatic rings. The molecule has 0 saturated carbocycles. The number of rotatable bonds is 5. The zero-order valence-corrected chi connectivity index (χ0v) is 14.7. The second-order valence-corrected chi connectivity index (χ2v) is 6.90. The third-order valence-corrected chi connectivity index (χ3v) is 4.83. The van der Waals surface area contributed by atoms with Gasteiger partial charge in [-0.1, -0.05) is 0 Å². The molecule has 0 N–H and O–H groups in total. The summed E-state index contributed by atoms with van der Waals surface area (Å²) in [7, 11) is 3.58. The summed E-state index contributed by atoms with van der Waals surface area (Å²) in [6, 6.07) is 2.23. The minimum atomic E-state index is 0.0515. The monoisotopic (exact) mass is 336 g/mol. The molecule has 3 heterocycles. The topological polar surface area (TPSA) is 59.8 Å². The van der Waals surface area contributed by atoms with Crippen molar-refractivity contribution < 1.29 is 14.3 Å². The molecule has 134 valence electrons. The van der Waals surface area contributed by atoms with E-state index in [2.05, 4.69) is 9.78 Å². The Morgan fingerprint density at radius 3 is 2.96 bits per heavy atom. The highest BCUT2D eigenvalue weighted by Gasteiger charge is 2.29. The van der Waals surface area contributed by atoms with Gasteiger partial charge in [-0.15, -0.1) is 0 Å². The molecule has 1 saturated heterocycles. The average molecular weight is 336 g/mol. The van der Waals surface area contributed by atoms with Gasteiger partial charge in [0.15, 0.2) is 0 Å². The van der Waals surface area contributed by atoms with Gasteiger partial charge in [-0.25, -0.2) is 4.79 Å². The van der Waals surface area contributed by atoms with Crippen LogP contribution in [0.1, 0.15) is 31.0 Å². The highest BCUT2D eigenvalue weighted by molar-refractivity contribution is 5.74. The van der Waals surface area contributed by atoms with Crippen molar-refractivity contribution in [1.29, 1.82) is 0 Å². The van der Waals surface area contributed by atoms with Crippen molar-refractivity contribution in [3.63, 3.8) is 0 Å². The van der Waals surface area contributed by atoms with Gasteiger partial charge in [-0.05, 0) is 31.2 Å². The van der Waals surface area contributed by atoms with Gasteiger partial charge in [0.25, 0.3) is 0 Å². The molecule has 0 bridgehead atoms. The quantitative estimate of drug-likeness (QED) is 0.769. The van der Waals surface area contributed by atoms with E-state index in [0.29, 0.717) is 25.6 Å². The van der Waals surface area contributed by atoms with Crippen LogP contribution in [-0.4, -0.2) is 72.7 Å². The van der Waals surface area contributed by atoms with E-state index in [1.54, 1.807) is 19.0 Å². The minimum absolute atomic E-state index is 0.0515. The lowest BCUT2D eigenvalue weighted by Crippen LogP contribution is -2.45. The summed E-state index contributed by atoms with van der Waals surface area (Å²) in [5.41, 5.74) is 1.09. The van der Waals surface area contributed by atoms with E-state index in [1.165, 1.54) is 0 Å². The smallest absolute Gasteiger partial charge is 0.319 e. The molecule has 0 aliphatic carbocycles. The predicted octanol–water partition coefficient (Wildman–Crippen LogP) is 1.75. The summed E-state index contributed by atoms with van der Waals surface area (Å²) in [5, 5.41) is 4.44. The molecule has 0 unspecified atom stereocenters. The molecule has 2 aliphatic heterocycles. The van der Waals surface area contributed by atoms with Crippen LogP contribution in [0.5, 0.6) is 0 Å². The number of carbonyl (C=O) groups excluding carboxylic acids is 1. The van der Waals surface area contributed by atoms with E-state index in [1.807, 2.05) is 17.2 Å². The lowest BCUT2D eigenvalue weighted by atomic mass is 10.0. The molecule has 1 aromatic heterocycles. The van der Waals surface area contributed by atoms with Gasteiger partial charge in [0, 0.05) is 53.3 Å². The fourth-order valence-electron chi connectivity index (χ4n) is 3.41. The molecule has 1 fully saturated rings. The van der Waals surface area contributed by atoms with Gasteiger partial charge >= 0.3 is 6.03 Å². The molecule has 1 atom stereocenters. The average Bonchev–Trinajstić information content (AvgIpc) is 3.07. The predicted molar refractivity (Wildman–Crippen MR) is 89.7 cm³/mol. The van der Waals surface area contributed by atoms with Crippen LogP contribution in [0.25, 0.3) is 0 Å². The molecule has 24 heavy (non-hydrogen) atoms. The normalized spacial score (nSPS) is 21.6. The van der Waals surface area contributed by atoms with Crippen molar-refractivity contribution in [3.8, 4) is 0 Å². The van der Waals surface area contributed by atoms with Crippen molar-refractivity contribution in [2.75, 3.05) is 47.1 Å². The van der Waals surface area contributed by atoms with Crippen LogP contribution < -0.4 is 0 Å². The van der Waals surface area contributed by atoms with Crippen LogP contribution in [0, 0.1) is 5.92 Å². The SMILES string of the molecule is CN(C)C(=O)N1Cc2ccnn2[C@@H](CCOCC2CCOCC2)C1. The third kappa shape index (κ3) is 4.08. The Bertz CT molecular complexity index is 540. The maximum absolute atomic E-state index is 12.3. The fourth-order valence-corrected chi connectivity index (χ4v) is 3.41. The van der Waals surface area contributed by atoms with Crippen LogP contribution in [0.4, 0.5) is 4.79 Å². The van der Waals surface area contributed by atoms with Crippen LogP contribution in [0.15, 0.2) is 12.3 Å². The highest BCUT2D eigenvalue weighted by Crippen LogP contribution is 2.24. The van der Waals surface area contributed by atoms with Crippen molar-refractivity contribution in [2.24, 2.45) is 5.92 Å². The Morgan fingerprint density at radius 2 is 2.21 bits per heavy atom. The molecule has 2 amide bonds. The summed E-state index contributed by atoms with van der Waals surface area (Å²) in [5.74, 6) is 0.622. The highest BCUT2D eigenvalue weighted by atomic mass is 16.5. The van der Waals surface area contributed by atoms with E-state index >= 15 is 0 Å². The number of ether oxygens (including phenoxy) is 2. The van der Waals surface area contributed by atoms with Gasteiger partial charge in [-0.2, -0.15) is 5.10 Å². The van der Waals surface area contributed by atoms with E-state index in [-0.39, 0.29) is 12.1 Å². The zero-order valence-electron chi connectivity index (χ0n) is 14.7. The summed E-state index contributed by atoms with van der Waals surface area (Å²) in [4.78, 5) is 15.8. The second kappa shape index (κ2) is 7.98. The number of aromatic nitrogens is 2. The fraction of sp³-hybridized carbons (Fsp3) is 0.765. The number of fused-ring (bicyclic) bond motifs is 1. The molecule has 0 radical (unpaired) electrons. The van der Waals surface area contributed by atoms with E-state index in [9.17, 15) is 4.79 Å². The van der Waals surface area contributed by atoms with Crippen molar-refractivity contribution in [3.05, 3.63) is 18.0 Å². The first-order chi connectivity index (χ1) is 11.6. The number of carbonyl (C=O) groups is 1.